The van der Waals surface area contributed by atoms with E-state index in [1.807, 2.05) is 29.2 Å². The lowest BCUT2D eigenvalue weighted by Crippen LogP contribution is -2.38. The van der Waals surface area contributed by atoms with Crippen LogP contribution in [0.2, 0.25) is 0 Å². The van der Waals surface area contributed by atoms with Crippen molar-refractivity contribution in [2.75, 3.05) is 26.8 Å². The fraction of sp³-hybridized carbons (Fsp3) is 0.360. The number of hydrogen-bond donors (Lipinski definition) is 0. The van der Waals surface area contributed by atoms with Gasteiger partial charge in [-0.05, 0) is 56.0 Å². The van der Waals surface area contributed by atoms with Crippen LogP contribution in [0, 0.1) is 0 Å². The van der Waals surface area contributed by atoms with Crippen molar-refractivity contribution in [3.05, 3.63) is 64.2 Å². The van der Waals surface area contributed by atoms with Gasteiger partial charge in [-0.25, -0.2) is 4.98 Å². The molecule has 2 aliphatic heterocycles. The van der Waals surface area contributed by atoms with Crippen molar-refractivity contribution in [1.82, 2.24) is 14.8 Å². The predicted octanol–water partition coefficient (Wildman–Crippen LogP) is 4.30. The van der Waals surface area contributed by atoms with E-state index in [1.165, 1.54) is 4.90 Å². The van der Waals surface area contributed by atoms with Crippen LogP contribution in [0.25, 0.3) is 10.2 Å². The largest absolute Gasteiger partial charge is 0.385 e. The molecule has 0 radical (unpaired) electrons. The molecule has 8 heteroatoms. The number of aromatic nitrogens is 1. The molecule has 1 fully saturated rings. The minimum atomic E-state index is -0.345. The number of amides is 3. The minimum absolute atomic E-state index is 0.0835. The smallest absolute Gasteiger partial charge is 0.261 e. The van der Waals surface area contributed by atoms with Crippen LogP contribution in [-0.4, -0.2) is 59.3 Å². The molecule has 1 aromatic heterocycles. The second-order valence-electron chi connectivity index (χ2n) is 8.40. The fourth-order valence-corrected chi connectivity index (χ4v) is 5.74. The molecule has 0 N–H and O–H groups in total. The molecule has 3 aromatic rings. The molecule has 2 aromatic carbocycles. The van der Waals surface area contributed by atoms with E-state index in [9.17, 15) is 14.4 Å². The molecule has 0 saturated carbocycles. The zero-order chi connectivity index (χ0) is 22.9. The van der Waals surface area contributed by atoms with E-state index in [1.54, 1.807) is 36.6 Å². The molecule has 1 saturated heterocycles. The van der Waals surface area contributed by atoms with E-state index >= 15 is 0 Å². The van der Waals surface area contributed by atoms with E-state index in [2.05, 4.69) is 0 Å². The van der Waals surface area contributed by atoms with Gasteiger partial charge < -0.3 is 9.64 Å². The Bertz CT molecular complexity index is 1200. The van der Waals surface area contributed by atoms with Gasteiger partial charge in [0.15, 0.2) is 0 Å². The molecule has 1 atom stereocenters. The van der Waals surface area contributed by atoms with Crippen LogP contribution in [0.15, 0.2) is 42.5 Å². The highest BCUT2D eigenvalue weighted by atomic mass is 32.1. The fourth-order valence-electron chi connectivity index (χ4n) is 4.62. The van der Waals surface area contributed by atoms with Crippen molar-refractivity contribution in [2.24, 2.45) is 0 Å². The number of piperidine rings is 1. The Balaban J connectivity index is 1.41. The summed E-state index contributed by atoms with van der Waals surface area (Å²) >= 11 is 1.63. The number of methoxy groups -OCH3 is 1. The molecule has 170 valence electrons. The molecule has 3 heterocycles. The Morgan fingerprint density at radius 1 is 1.12 bits per heavy atom. The van der Waals surface area contributed by atoms with Crippen LogP contribution in [0.4, 0.5) is 0 Å². The third-order valence-electron chi connectivity index (χ3n) is 6.31. The summed E-state index contributed by atoms with van der Waals surface area (Å²) in [5, 5.41) is 0.945. The summed E-state index contributed by atoms with van der Waals surface area (Å²) in [6.07, 6.45) is 3.41. The highest BCUT2D eigenvalue weighted by Crippen LogP contribution is 2.37. The second-order valence-corrected chi connectivity index (χ2v) is 9.46. The number of carbonyl (C=O) groups is 3. The van der Waals surface area contributed by atoms with Gasteiger partial charge in [0.25, 0.3) is 17.7 Å². The van der Waals surface area contributed by atoms with Crippen LogP contribution >= 0.6 is 11.3 Å². The maximum Gasteiger partial charge on any atom is 0.261 e. The summed E-state index contributed by atoms with van der Waals surface area (Å²) in [6, 6.07) is 12.8. The van der Waals surface area contributed by atoms with Gasteiger partial charge in [-0.15, -0.1) is 11.3 Å². The molecular formula is C25H25N3O4S. The molecule has 2 aliphatic rings. The first-order valence-electron chi connectivity index (χ1n) is 11.2. The lowest BCUT2D eigenvalue weighted by Gasteiger charge is -2.34. The van der Waals surface area contributed by atoms with Gasteiger partial charge in [-0.3, -0.25) is 19.3 Å². The summed E-state index contributed by atoms with van der Waals surface area (Å²) in [5.41, 5.74) is 2.04. The molecule has 7 nitrogen and oxygen atoms in total. The van der Waals surface area contributed by atoms with E-state index in [4.69, 9.17) is 9.72 Å². The SMILES string of the molecule is COCCCN1C(=O)c2ccc(C(=O)N3CCCCC3c3nc4ccccc4s3)cc2C1=O. The maximum atomic E-state index is 13.6. The zero-order valence-electron chi connectivity index (χ0n) is 18.5. The number of hydrogen-bond acceptors (Lipinski definition) is 6. The number of para-hydroxylation sites is 1. The van der Waals surface area contributed by atoms with Crippen LogP contribution in [0.3, 0.4) is 0 Å². The Labute approximate surface area is 196 Å². The van der Waals surface area contributed by atoms with E-state index < -0.39 is 0 Å². The second kappa shape index (κ2) is 9.03. The highest BCUT2D eigenvalue weighted by Gasteiger charge is 2.37. The lowest BCUT2D eigenvalue weighted by atomic mass is 9.99. The Morgan fingerprint density at radius 2 is 1.94 bits per heavy atom. The average Bonchev–Trinajstić information content (AvgIpc) is 3.38. The average molecular weight is 464 g/mol. The standard InChI is InChI=1S/C25H25N3O4S/c1-32-14-6-13-28-24(30)17-11-10-16(15-18(17)25(28)31)23(29)27-12-5-4-8-20(27)22-26-19-7-2-3-9-21(19)33-22/h2-3,7,9-11,15,20H,4-6,8,12-14H2,1H3. The first kappa shape index (κ1) is 21.7. The molecule has 0 bridgehead atoms. The number of likely N-dealkylation sites (tertiary alicyclic amines) is 1. The highest BCUT2D eigenvalue weighted by molar-refractivity contribution is 7.18. The van der Waals surface area contributed by atoms with Gasteiger partial charge >= 0.3 is 0 Å². The first-order chi connectivity index (χ1) is 16.1. The number of nitrogens with zero attached hydrogens (tertiary/aromatic N) is 3. The lowest BCUT2D eigenvalue weighted by molar-refractivity contribution is 0.0609. The van der Waals surface area contributed by atoms with Crippen molar-refractivity contribution in [3.63, 3.8) is 0 Å². The number of rotatable bonds is 6. The number of fused-ring (bicyclic) bond motifs is 2. The van der Waals surface area contributed by atoms with Gasteiger partial charge in [0, 0.05) is 32.4 Å². The van der Waals surface area contributed by atoms with E-state index in [-0.39, 0.29) is 23.8 Å². The van der Waals surface area contributed by atoms with Crippen molar-refractivity contribution >= 4 is 39.3 Å². The Kier molecular flexibility index (Phi) is 5.95. The van der Waals surface area contributed by atoms with Gasteiger partial charge in [0.1, 0.15) is 5.01 Å². The van der Waals surface area contributed by atoms with Crippen molar-refractivity contribution < 1.29 is 19.1 Å². The number of benzene rings is 2. The third kappa shape index (κ3) is 3.94. The molecule has 33 heavy (non-hydrogen) atoms. The van der Waals surface area contributed by atoms with Crippen molar-refractivity contribution in [2.45, 2.75) is 31.7 Å². The quantitative estimate of drug-likeness (QED) is 0.402. The van der Waals surface area contributed by atoms with Crippen LogP contribution in [0.1, 0.15) is 67.8 Å². The zero-order valence-corrected chi connectivity index (χ0v) is 19.3. The van der Waals surface area contributed by atoms with Crippen LogP contribution in [0.5, 0.6) is 0 Å². The van der Waals surface area contributed by atoms with Gasteiger partial charge in [-0.1, -0.05) is 12.1 Å². The Hall–Kier alpha value is -3.10. The van der Waals surface area contributed by atoms with Crippen LogP contribution < -0.4 is 0 Å². The molecule has 5 rings (SSSR count). The molecule has 1 unspecified atom stereocenters. The van der Waals surface area contributed by atoms with E-state index in [0.29, 0.717) is 42.8 Å². The molecule has 0 spiro atoms. The van der Waals surface area contributed by atoms with Crippen LogP contribution in [-0.2, 0) is 4.74 Å². The topological polar surface area (TPSA) is 79.8 Å². The van der Waals surface area contributed by atoms with Crippen molar-refractivity contribution in [3.8, 4) is 0 Å². The predicted molar refractivity (Wildman–Crippen MR) is 126 cm³/mol. The third-order valence-corrected chi connectivity index (χ3v) is 7.44. The van der Waals surface area contributed by atoms with E-state index in [0.717, 1.165) is 34.5 Å². The number of carbonyl (C=O) groups excluding carboxylic acids is 3. The van der Waals surface area contributed by atoms with Crippen molar-refractivity contribution in [1.29, 1.82) is 0 Å². The van der Waals surface area contributed by atoms with Gasteiger partial charge in [-0.2, -0.15) is 0 Å². The minimum Gasteiger partial charge on any atom is -0.385 e. The normalized spacial score (nSPS) is 18.3. The molecule has 3 amide bonds. The summed E-state index contributed by atoms with van der Waals surface area (Å²) in [4.78, 5) is 47.0. The summed E-state index contributed by atoms with van der Waals surface area (Å²) < 4.78 is 6.14. The van der Waals surface area contributed by atoms with Gasteiger partial charge in [0.05, 0.1) is 27.4 Å². The summed E-state index contributed by atoms with van der Waals surface area (Å²) in [6.45, 7) is 1.42. The Morgan fingerprint density at radius 3 is 2.76 bits per heavy atom. The molecule has 0 aliphatic carbocycles. The maximum absolute atomic E-state index is 13.6. The number of thiazole rings is 1. The first-order valence-corrected chi connectivity index (χ1v) is 12.1. The molecular weight excluding hydrogens is 438 g/mol. The number of ether oxygens (including phenoxy) is 1. The summed E-state index contributed by atoms with van der Waals surface area (Å²) in [7, 11) is 1.59. The number of imide groups is 1. The summed E-state index contributed by atoms with van der Waals surface area (Å²) in [5.74, 6) is -0.780. The van der Waals surface area contributed by atoms with Gasteiger partial charge in [0.2, 0.25) is 0 Å². The monoisotopic (exact) mass is 463 g/mol.